The Bertz CT molecular complexity index is 1260. The average molecular weight is 448 g/mol. The van der Waals surface area contributed by atoms with Gasteiger partial charge in [0.05, 0.1) is 14.7 Å². The molecule has 12 heteroatoms. The van der Waals surface area contributed by atoms with Crippen molar-refractivity contribution in [2.24, 2.45) is 0 Å². The van der Waals surface area contributed by atoms with Crippen molar-refractivity contribution in [3.63, 3.8) is 0 Å². The van der Waals surface area contributed by atoms with Gasteiger partial charge in [0.15, 0.2) is 7.14 Å². The zero-order chi connectivity index (χ0) is 22.1. The Morgan fingerprint density at radius 2 is 1.13 bits per heavy atom. The number of hydrogen-bond acceptors (Lipinski definition) is 7. The molecule has 0 fully saturated rings. The van der Waals surface area contributed by atoms with Gasteiger partial charge in [0, 0.05) is 40.2 Å². The van der Waals surface area contributed by atoms with E-state index in [1.165, 1.54) is 48.5 Å². The average Bonchev–Trinajstić information content (AvgIpc) is 2.72. The molecule has 0 atom stereocenters. The smallest absolute Gasteiger partial charge is 0.294 e. The Balaban J connectivity index is 2.37. The minimum atomic E-state index is -4.63. The third-order valence-corrected chi connectivity index (χ3v) is 8.15. The summed E-state index contributed by atoms with van der Waals surface area (Å²) in [6.45, 7) is 0. The van der Waals surface area contributed by atoms with Crippen molar-refractivity contribution < 1.29 is 27.4 Å². The van der Waals surface area contributed by atoms with Gasteiger partial charge in [-0.05, 0) is 12.1 Å². The molecule has 0 aliphatic rings. The van der Waals surface area contributed by atoms with E-state index in [1.807, 2.05) is 0 Å². The van der Waals surface area contributed by atoms with E-state index in [9.17, 15) is 37.8 Å². The first-order valence-corrected chi connectivity index (χ1v) is 11.4. The van der Waals surface area contributed by atoms with Crippen LogP contribution in [-0.2, 0) is 14.7 Å². The van der Waals surface area contributed by atoms with Crippen LogP contribution in [-0.4, -0.2) is 22.8 Å². The van der Waals surface area contributed by atoms with Gasteiger partial charge in [-0.15, -0.1) is 0 Å². The quantitative estimate of drug-likeness (QED) is 0.261. The van der Waals surface area contributed by atoms with Crippen molar-refractivity contribution in [3.05, 3.63) is 93.0 Å². The number of hydrogen-bond donors (Lipinski definition) is 1. The molecular weight excluding hydrogens is 435 g/mol. The van der Waals surface area contributed by atoms with Crippen LogP contribution in [0.25, 0.3) is 0 Å². The summed E-state index contributed by atoms with van der Waals surface area (Å²) in [5.74, 6) is 0. The van der Waals surface area contributed by atoms with E-state index in [0.29, 0.717) is 0 Å². The molecule has 0 amide bonds. The van der Waals surface area contributed by atoms with Crippen LogP contribution in [0.3, 0.4) is 0 Å². The van der Waals surface area contributed by atoms with Gasteiger partial charge < -0.3 is 4.57 Å². The highest BCUT2D eigenvalue weighted by molar-refractivity contribution is 7.86. The fourth-order valence-electron chi connectivity index (χ4n) is 2.89. The minimum Gasteiger partial charge on any atom is -0.309 e. The fourth-order valence-corrected chi connectivity index (χ4v) is 6.24. The molecular formula is C18H13N2O8PS. The Morgan fingerprint density at radius 3 is 1.53 bits per heavy atom. The molecule has 10 nitrogen and oxygen atoms in total. The maximum atomic E-state index is 14.3. The number of benzene rings is 3. The first kappa shape index (κ1) is 21.3. The molecule has 0 heterocycles. The highest BCUT2D eigenvalue weighted by Crippen LogP contribution is 2.44. The second kappa shape index (κ2) is 7.79. The normalized spacial score (nSPS) is 11.8. The molecule has 0 saturated carbocycles. The van der Waals surface area contributed by atoms with Crippen molar-refractivity contribution in [3.8, 4) is 0 Å². The molecule has 0 radical (unpaired) electrons. The summed E-state index contributed by atoms with van der Waals surface area (Å²) in [6.07, 6.45) is 0. The first-order valence-electron chi connectivity index (χ1n) is 8.22. The van der Waals surface area contributed by atoms with E-state index in [-0.39, 0.29) is 27.3 Å². The van der Waals surface area contributed by atoms with Gasteiger partial charge in [-0.1, -0.05) is 36.4 Å². The van der Waals surface area contributed by atoms with Crippen LogP contribution < -0.4 is 15.9 Å². The van der Waals surface area contributed by atoms with Crippen LogP contribution in [0.4, 0.5) is 11.4 Å². The standard InChI is InChI=1S/C18H13N2O8PS/c21-19(22)13-4-1-6-15(10-13)29(25,16-7-2-5-14(11-16)20(23)24)17-8-3-9-18(12-17)30(26,27)28/h1-12H,(H,26,27,28). The molecule has 3 aromatic rings. The highest BCUT2D eigenvalue weighted by Gasteiger charge is 2.33. The van der Waals surface area contributed by atoms with E-state index in [0.717, 1.165) is 24.3 Å². The largest absolute Gasteiger partial charge is 0.309 e. The van der Waals surface area contributed by atoms with Crippen molar-refractivity contribution >= 4 is 44.5 Å². The summed E-state index contributed by atoms with van der Waals surface area (Å²) >= 11 is 0. The van der Waals surface area contributed by atoms with Gasteiger partial charge in [-0.3, -0.25) is 24.8 Å². The number of nitro groups is 2. The summed E-state index contributed by atoms with van der Waals surface area (Å²) in [7, 11) is -8.62. The van der Waals surface area contributed by atoms with E-state index in [2.05, 4.69) is 0 Å². The van der Waals surface area contributed by atoms with Crippen LogP contribution in [0.5, 0.6) is 0 Å². The highest BCUT2D eigenvalue weighted by atomic mass is 32.2. The van der Waals surface area contributed by atoms with E-state index in [4.69, 9.17) is 0 Å². The van der Waals surface area contributed by atoms with Gasteiger partial charge in [0.2, 0.25) is 0 Å². The van der Waals surface area contributed by atoms with Gasteiger partial charge in [0.1, 0.15) is 0 Å². The summed E-state index contributed by atoms with van der Waals surface area (Å²) in [5, 5.41) is 22.3. The van der Waals surface area contributed by atoms with Crippen molar-refractivity contribution in [2.75, 3.05) is 0 Å². The minimum absolute atomic E-state index is 0.0234. The van der Waals surface area contributed by atoms with E-state index in [1.54, 1.807) is 0 Å². The van der Waals surface area contributed by atoms with Crippen LogP contribution in [0.15, 0.2) is 77.7 Å². The SMILES string of the molecule is O=[N+]([O-])c1cccc(P(=O)(c2cccc([N+](=O)[O-])c2)c2cccc(S(=O)(=O)O)c2)c1. The Kier molecular flexibility index (Phi) is 5.53. The topological polar surface area (TPSA) is 158 Å². The van der Waals surface area contributed by atoms with E-state index < -0.39 is 32.0 Å². The first-order chi connectivity index (χ1) is 14.0. The van der Waals surface area contributed by atoms with Gasteiger partial charge in [-0.25, -0.2) is 0 Å². The lowest BCUT2D eigenvalue weighted by Gasteiger charge is -2.20. The number of rotatable bonds is 6. The fraction of sp³-hybridized carbons (Fsp3) is 0. The summed E-state index contributed by atoms with van der Waals surface area (Å²) < 4.78 is 46.8. The number of non-ortho nitro benzene ring substituents is 2. The molecule has 154 valence electrons. The van der Waals surface area contributed by atoms with E-state index >= 15 is 0 Å². The monoisotopic (exact) mass is 448 g/mol. The summed E-state index contributed by atoms with van der Waals surface area (Å²) in [6, 6.07) is 14.5. The number of nitro benzene ring substituents is 2. The Hall–Kier alpha value is -3.40. The molecule has 0 spiro atoms. The van der Waals surface area contributed by atoms with Gasteiger partial charge in [-0.2, -0.15) is 8.42 Å². The summed E-state index contributed by atoms with van der Waals surface area (Å²) in [4.78, 5) is 20.5. The van der Waals surface area contributed by atoms with Crippen LogP contribution in [0.2, 0.25) is 0 Å². The van der Waals surface area contributed by atoms with Gasteiger partial charge in [0.25, 0.3) is 21.5 Å². The second-order valence-electron chi connectivity index (χ2n) is 6.14. The van der Waals surface area contributed by atoms with Gasteiger partial charge >= 0.3 is 0 Å². The lowest BCUT2D eigenvalue weighted by atomic mass is 10.3. The molecule has 1 N–H and O–H groups in total. The Morgan fingerprint density at radius 1 is 0.733 bits per heavy atom. The van der Waals surface area contributed by atoms with Crippen molar-refractivity contribution in [1.29, 1.82) is 0 Å². The van der Waals surface area contributed by atoms with Crippen LogP contribution in [0.1, 0.15) is 0 Å². The molecule has 30 heavy (non-hydrogen) atoms. The second-order valence-corrected chi connectivity index (χ2v) is 10.3. The molecule has 0 bridgehead atoms. The molecule has 0 unspecified atom stereocenters. The maximum absolute atomic E-state index is 14.3. The lowest BCUT2D eigenvalue weighted by Crippen LogP contribution is -2.26. The molecule has 0 aliphatic heterocycles. The Labute approximate surface area is 170 Å². The summed E-state index contributed by atoms with van der Waals surface area (Å²) in [5.41, 5.74) is -0.715. The maximum Gasteiger partial charge on any atom is 0.294 e. The third-order valence-electron chi connectivity index (χ3n) is 4.29. The molecule has 0 aliphatic carbocycles. The zero-order valence-corrected chi connectivity index (χ0v) is 16.7. The number of nitrogens with zero attached hydrogens (tertiary/aromatic N) is 2. The predicted octanol–water partition coefficient (Wildman–Crippen LogP) is 2.39. The molecule has 3 aromatic carbocycles. The van der Waals surface area contributed by atoms with Crippen molar-refractivity contribution in [1.82, 2.24) is 0 Å². The van der Waals surface area contributed by atoms with Crippen molar-refractivity contribution in [2.45, 2.75) is 4.90 Å². The zero-order valence-electron chi connectivity index (χ0n) is 15.0. The predicted molar refractivity (Wildman–Crippen MR) is 109 cm³/mol. The lowest BCUT2D eigenvalue weighted by molar-refractivity contribution is -0.384. The molecule has 0 saturated heterocycles. The molecule has 0 aromatic heterocycles. The molecule has 3 rings (SSSR count). The van der Waals surface area contributed by atoms with Crippen LogP contribution >= 0.6 is 7.14 Å². The van der Waals surface area contributed by atoms with Crippen LogP contribution in [0, 0.1) is 20.2 Å². The third kappa shape index (κ3) is 3.99.